The van der Waals surface area contributed by atoms with Crippen molar-refractivity contribution in [3.05, 3.63) is 92.9 Å². The summed E-state index contributed by atoms with van der Waals surface area (Å²) in [4.78, 5) is 13.6. The molecule has 4 rings (SSSR count). The second-order valence-corrected chi connectivity index (χ2v) is 10.2. The smallest absolute Gasteiger partial charge is 0.205 e. The zero-order valence-corrected chi connectivity index (χ0v) is 22.1. The van der Waals surface area contributed by atoms with Gasteiger partial charge in [0.15, 0.2) is 0 Å². The van der Waals surface area contributed by atoms with E-state index in [1.54, 1.807) is 29.0 Å². The standard InChI is InChI=1S/C23H24FNOS.C4H7N3S/c1-4-20(17-7-6-8-19(24)15-17)22-14-13-21(27-22)16-9-11-18(12-10-16)23(3,5-2)25-26;1-2-5-4-7-6-3-8-4/h6-15,20H,4-5H2,1-3H3;3H,2H2,1H3,(H,5,7)/t20-,23?;/m1./s1. The zero-order chi connectivity index (χ0) is 25.3. The van der Waals surface area contributed by atoms with Gasteiger partial charge in [0.25, 0.3) is 0 Å². The summed E-state index contributed by atoms with van der Waals surface area (Å²) in [5.41, 5.74) is 4.10. The molecule has 2 aromatic heterocycles. The summed E-state index contributed by atoms with van der Waals surface area (Å²) >= 11 is 3.25. The molecule has 5 nitrogen and oxygen atoms in total. The van der Waals surface area contributed by atoms with E-state index < -0.39 is 5.54 Å². The number of rotatable bonds is 9. The number of anilines is 1. The Hall–Kier alpha value is -2.97. The highest BCUT2D eigenvalue weighted by molar-refractivity contribution is 7.15. The summed E-state index contributed by atoms with van der Waals surface area (Å²) < 4.78 is 13.6. The van der Waals surface area contributed by atoms with Gasteiger partial charge in [-0.05, 0) is 67.6 Å². The number of thiophene rings is 1. The Balaban J connectivity index is 0.000000363. The molecule has 0 fully saturated rings. The van der Waals surface area contributed by atoms with Gasteiger partial charge < -0.3 is 5.32 Å². The molecule has 184 valence electrons. The van der Waals surface area contributed by atoms with Crippen molar-refractivity contribution < 1.29 is 4.39 Å². The second kappa shape index (κ2) is 12.7. The first-order chi connectivity index (χ1) is 16.9. The minimum Gasteiger partial charge on any atom is -0.360 e. The molecule has 8 heteroatoms. The number of benzene rings is 2. The lowest BCUT2D eigenvalue weighted by Gasteiger charge is -2.19. The Labute approximate surface area is 214 Å². The van der Waals surface area contributed by atoms with Crippen LogP contribution in [0.1, 0.15) is 62.5 Å². The van der Waals surface area contributed by atoms with Gasteiger partial charge in [0.1, 0.15) is 16.9 Å². The average Bonchev–Trinajstić information content (AvgIpc) is 3.58. The van der Waals surface area contributed by atoms with Gasteiger partial charge in [-0.25, -0.2) is 4.39 Å². The van der Waals surface area contributed by atoms with E-state index in [-0.39, 0.29) is 11.7 Å². The van der Waals surface area contributed by atoms with Crippen molar-refractivity contribution in [2.45, 2.75) is 52.0 Å². The largest absolute Gasteiger partial charge is 0.360 e. The van der Waals surface area contributed by atoms with Crippen LogP contribution in [0.4, 0.5) is 9.52 Å². The van der Waals surface area contributed by atoms with E-state index in [0.717, 1.165) is 34.8 Å². The third kappa shape index (κ3) is 6.80. The van der Waals surface area contributed by atoms with Crippen LogP contribution in [-0.2, 0) is 5.54 Å². The summed E-state index contributed by atoms with van der Waals surface area (Å²) in [7, 11) is 0. The fourth-order valence-electron chi connectivity index (χ4n) is 3.74. The average molecular weight is 511 g/mol. The molecule has 35 heavy (non-hydrogen) atoms. The highest BCUT2D eigenvalue weighted by atomic mass is 32.1. The first kappa shape index (κ1) is 26.6. The molecule has 0 aliphatic heterocycles. The Morgan fingerprint density at radius 1 is 1.09 bits per heavy atom. The first-order valence-corrected chi connectivity index (χ1v) is 13.4. The normalized spacial score (nSPS) is 13.3. The van der Waals surface area contributed by atoms with E-state index in [1.165, 1.54) is 27.2 Å². The highest BCUT2D eigenvalue weighted by Crippen LogP contribution is 2.38. The Bertz CT molecular complexity index is 1190. The Kier molecular flexibility index (Phi) is 9.63. The SMILES string of the molecule is CCNc1nncs1.CC[C@H](c1cccc(F)c1)c1ccc(-c2ccc(C(C)(CC)N=O)cc2)s1. The minimum atomic E-state index is -0.677. The molecule has 2 atom stereocenters. The summed E-state index contributed by atoms with van der Waals surface area (Å²) in [5, 5.41) is 14.7. The molecule has 4 aromatic rings. The molecule has 0 spiro atoms. The van der Waals surface area contributed by atoms with Crippen molar-refractivity contribution in [3.8, 4) is 10.4 Å². The maximum absolute atomic E-state index is 13.6. The summed E-state index contributed by atoms with van der Waals surface area (Å²) in [5.74, 6) is 0.00227. The molecule has 0 aliphatic rings. The van der Waals surface area contributed by atoms with Crippen LogP contribution in [0, 0.1) is 10.7 Å². The first-order valence-electron chi connectivity index (χ1n) is 11.7. The fraction of sp³-hybridized carbons (Fsp3) is 0.333. The van der Waals surface area contributed by atoms with Crippen molar-refractivity contribution >= 4 is 27.8 Å². The van der Waals surface area contributed by atoms with Crippen molar-refractivity contribution in [3.63, 3.8) is 0 Å². The molecule has 2 heterocycles. The molecule has 1 unspecified atom stereocenters. The van der Waals surface area contributed by atoms with Gasteiger partial charge in [0, 0.05) is 22.2 Å². The second-order valence-electron chi connectivity index (χ2n) is 8.29. The molecule has 0 aliphatic carbocycles. The maximum atomic E-state index is 13.6. The molecule has 0 radical (unpaired) electrons. The van der Waals surface area contributed by atoms with E-state index in [2.05, 4.69) is 39.7 Å². The van der Waals surface area contributed by atoms with Crippen LogP contribution in [-0.4, -0.2) is 16.7 Å². The van der Waals surface area contributed by atoms with Crippen molar-refractivity contribution in [1.29, 1.82) is 0 Å². The zero-order valence-electron chi connectivity index (χ0n) is 20.5. The molecule has 0 saturated carbocycles. The van der Waals surface area contributed by atoms with E-state index in [4.69, 9.17) is 0 Å². The monoisotopic (exact) mass is 510 g/mol. The van der Waals surface area contributed by atoms with Crippen LogP contribution >= 0.6 is 22.7 Å². The topological polar surface area (TPSA) is 67.2 Å². The summed E-state index contributed by atoms with van der Waals surface area (Å²) in [6, 6.07) is 19.2. The van der Waals surface area contributed by atoms with E-state index in [9.17, 15) is 9.30 Å². The lowest BCUT2D eigenvalue weighted by Crippen LogP contribution is -2.16. The van der Waals surface area contributed by atoms with Gasteiger partial charge >= 0.3 is 0 Å². The Morgan fingerprint density at radius 2 is 1.86 bits per heavy atom. The van der Waals surface area contributed by atoms with Crippen LogP contribution < -0.4 is 5.32 Å². The molecule has 1 N–H and O–H groups in total. The number of halogens is 1. The lowest BCUT2D eigenvalue weighted by molar-refractivity contribution is 0.475. The Morgan fingerprint density at radius 3 is 2.43 bits per heavy atom. The van der Waals surface area contributed by atoms with Crippen molar-refractivity contribution in [2.24, 2.45) is 5.18 Å². The lowest BCUT2D eigenvalue weighted by atomic mass is 9.90. The predicted molar refractivity (Wildman–Crippen MR) is 146 cm³/mol. The molecular weight excluding hydrogens is 479 g/mol. The third-order valence-electron chi connectivity index (χ3n) is 6.00. The molecule has 0 amide bonds. The van der Waals surface area contributed by atoms with Gasteiger partial charge in [-0.1, -0.05) is 66.8 Å². The van der Waals surface area contributed by atoms with Gasteiger partial charge in [-0.15, -0.1) is 26.4 Å². The van der Waals surface area contributed by atoms with Crippen LogP contribution in [0.2, 0.25) is 0 Å². The molecule has 2 aromatic carbocycles. The molecule has 0 saturated heterocycles. The maximum Gasteiger partial charge on any atom is 0.205 e. The fourth-order valence-corrected chi connectivity index (χ4v) is 5.48. The van der Waals surface area contributed by atoms with E-state index in [0.29, 0.717) is 6.42 Å². The highest BCUT2D eigenvalue weighted by Gasteiger charge is 2.25. The number of nitrogens with one attached hydrogen (secondary N) is 1. The van der Waals surface area contributed by atoms with Gasteiger partial charge in [-0.3, -0.25) is 0 Å². The number of hydrogen-bond donors (Lipinski definition) is 1. The van der Waals surface area contributed by atoms with Gasteiger partial charge in [0.2, 0.25) is 5.13 Å². The number of nitroso groups, excluding NO2 is 1. The summed E-state index contributed by atoms with van der Waals surface area (Å²) in [6.45, 7) is 8.90. The third-order valence-corrected chi connectivity index (χ3v) is 7.90. The van der Waals surface area contributed by atoms with E-state index in [1.807, 2.05) is 51.1 Å². The van der Waals surface area contributed by atoms with E-state index >= 15 is 0 Å². The quantitative estimate of drug-likeness (QED) is 0.229. The van der Waals surface area contributed by atoms with Crippen molar-refractivity contribution in [1.82, 2.24) is 10.2 Å². The molecule has 0 bridgehead atoms. The van der Waals surface area contributed by atoms with Crippen LogP contribution in [0.15, 0.2) is 71.4 Å². The van der Waals surface area contributed by atoms with Crippen LogP contribution in [0.3, 0.4) is 0 Å². The minimum absolute atomic E-state index is 0.193. The van der Waals surface area contributed by atoms with Crippen molar-refractivity contribution in [2.75, 3.05) is 11.9 Å². The number of nitrogens with zero attached hydrogens (tertiary/aromatic N) is 3. The number of aromatic nitrogens is 2. The van der Waals surface area contributed by atoms with Crippen LogP contribution in [0.5, 0.6) is 0 Å². The van der Waals surface area contributed by atoms with Gasteiger partial charge in [0.05, 0.1) is 0 Å². The summed E-state index contributed by atoms with van der Waals surface area (Å²) in [6.07, 6.45) is 1.59. The molecular formula is C27H31FN4OS2. The number of hydrogen-bond acceptors (Lipinski definition) is 7. The van der Waals surface area contributed by atoms with Crippen LogP contribution in [0.25, 0.3) is 10.4 Å². The van der Waals surface area contributed by atoms with Gasteiger partial charge in [-0.2, -0.15) is 0 Å². The predicted octanol–water partition coefficient (Wildman–Crippen LogP) is 8.46.